The zero-order valence-corrected chi connectivity index (χ0v) is 11.7. The summed E-state index contributed by atoms with van der Waals surface area (Å²) in [6, 6.07) is 7.73. The molecule has 0 aliphatic carbocycles. The monoisotopic (exact) mass is 306 g/mol. The zero-order valence-electron chi connectivity index (χ0n) is 10.9. The van der Waals surface area contributed by atoms with E-state index in [2.05, 4.69) is 15.5 Å². The van der Waals surface area contributed by atoms with Crippen LogP contribution in [0.15, 0.2) is 41.6 Å². The Morgan fingerprint density at radius 2 is 2.24 bits per heavy atom. The number of nitro groups is 1. The van der Waals surface area contributed by atoms with Gasteiger partial charge in [0.2, 0.25) is 5.75 Å². The third kappa shape index (κ3) is 3.46. The number of pyridine rings is 1. The largest absolute Gasteiger partial charge is 0.502 e. The van der Waals surface area contributed by atoms with Crippen LogP contribution in [0.5, 0.6) is 5.75 Å². The van der Waals surface area contributed by atoms with Crippen LogP contribution in [0.2, 0.25) is 5.02 Å². The van der Waals surface area contributed by atoms with Gasteiger partial charge in [0.25, 0.3) is 0 Å². The highest BCUT2D eigenvalue weighted by Gasteiger charge is 2.20. The normalized spacial score (nSPS) is 11.2. The van der Waals surface area contributed by atoms with E-state index in [1.807, 2.05) is 0 Å². The molecule has 21 heavy (non-hydrogen) atoms. The van der Waals surface area contributed by atoms with Crippen LogP contribution < -0.4 is 5.43 Å². The number of hydrogen-bond acceptors (Lipinski definition) is 6. The summed E-state index contributed by atoms with van der Waals surface area (Å²) in [4.78, 5) is 14.2. The number of phenols is 1. The summed E-state index contributed by atoms with van der Waals surface area (Å²) in [5, 5.41) is 24.9. The minimum absolute atomic E-state index is 0.141. The van der Waals surface area contributed by atoms with Gasteiger partial charge in [-0.25, -0.2) is 4.98 Å². The minimum Gasteiger partial charge on any atom is -0.502 e. The highest BCUT2D eigenvalue weighted by molar-refractivity contribution is 6.31. The molecule has 2 N–H and O–H groups in total. The molecule has 1 aromatic carbocycles. The maximum atomic E-state index is 10.8. The molecule has 0 atom stereocenters. The van der Waals surface area contributed by atoms with Crippen LogP contribution in [0.3, 0.4) is 0 Å². The molecule has 0 saturated carbocycles. The second-order valence-electron chi connectivity index (χ2n) is 4.10. The molecule has 1 aromatic heterocycles. The second kappa shape index (κ2) is 6.19. The Hall–Kier alpha value is -2.67. The Labute approximate surface area is 125 Å². The highest BCUT2D eigenvalue weighted by Crippen LogP contribution is 2.33. The van der Waals surface area contributed by atoms with Gasteiger partial charge in [-0.05, 0) is 25.1 Å². The number of phenolic OH excluding ortho intramolecular Hbond substituents is 1. The van der Waals surface area contributed by atoms with E-state index in [1.54, 1.807) is 31.3 Å². The molecule has 7 nitrogen and oxygen atoms in total. The Morgan fingerprint density at radius 3 is 2.86 bits per heavy atom. The van der Waals surface area contributed by atoms with Crippen LogP contribution in [-0.4, -0.2) is 20.7 Å². The summed E-state index contributed by atoms with van der Waals surface area (Å²) in [5.74, 6) is 0.0290. The van der Waals surface area contributed by atoms with Gasteiger partial charge < -0.3 is 5.11 Å². The van der Waals surface area contributed by atoms with E-state index in [-0.39, 0.29) is 10.6 Å². The molecule has 0 spiro atoms. The molecular formula is C13H11ClN4O3. The number of benzene rings is 1. The van der Waals surface area contributed by atoms with Crippen molar-refractivity contribution in [1.29, 1.82) is 0 Å². The molecule has 0 amide bonds. The molecule has 108 valence electrons. The summed E-state index contributed by atoms with van der Waals surface area (Å²) >= 11 is 5.82. The molecule has 0 aliphatic rings. The Balaban J connectivity index is 2.35. The molecule has 0 bridgehead atoms. The summed E-state index contributed by atoms with van der Waals surface area (Å²) in [5.41, 5.74) is 2.74. The quantitative estimate of drug-likeness (QED) is 0.513. The Morgan fingerprint density at radius 1 is 1.48 bits per heavy atom. The highest BCUT2D eigenvalue weighted by atomic mass is 35.5. The van der Waals surface area contributed by atoms with Gasteiger partial charge in [0.15, 0.2) is 0 Å². The molecule has 2 aromatic rings. The van der Waals surface area contributed by atoms with Crippen LogP contribution in [0.25, 0.3) is 0 Å². The van der Waals surface area contributed by atoms with E-state index < -0.39 is 16.4 Å². The Bertz CT molecular complexity index is 704. The molecule has 0 aliphatic heterocycles. The standard InChI is InChI=1S/C13H11ClN4O3/c1-8(16-17-12-4-2-3-5-15-12)10-6-9(14)7-11(13(10)19)18(20)21/h2-7,19H,1H3,(H,15,17)/b16-8+. The molecule has 0 fully saturated rings. The fourth-order valence-electron chi connectivity index (χ4n) is 1.63. The first kappa shape index (κ1) is 14.7. The van der Waals surface area contributed by atoms with Crippen LogP contribution in [0.1, 0.15) is 12.5 Å². The number of aromatic nitrogens is 1. The lowest BCUT2D eigenvalue weighted by Crippen LogP contribution is -2.02. The molecular weight excluding hydrogens is 296 g/mol. The van der Waals surface area contributed by atoms with Crippen molar-refractivity contribution in [2.75, 3.05) is 5.43 Å². The number of halogens is 1. The van der Waals surface area contributed by atoms with Crippen molar-refractivity contribution in [3.63, 3.8) is 0 Å². The first-order valence-electron chi connectivity index (χ1n) is 5.87. The number of hydrazone groups is 1. The van der Waals surface area contributed by atoms with Crippen molar-refractivity contribution in [2.24, 2.45) is 5.10 Å². The number of nitrogens with zero attached hydrogens (tertiary/aromatic N) is 3. The molecule has 0 unspecified atom stereocenters. The topological polar surface area (TPSA) is 101 Å². The maximum absolute atomic E-state index is 10.8. The lowest BCUT2D eigenvalue weighted by Gasteiger charge is -2.06. The van der Waals surface area contributed by atoms with Crippen molar-refractivity contribution >= 4 is 28.8 Å². The van der Waals surface area contributed by atoms with E-state index in [1.165, 1.54) is 6.07 Å². The number of aromatic hydroxyl groups is 1. The molecule has 0 saturated heterocycles. The third-order valence-electron chi connectivity index (χ3n) is 2.64. The molecule has 2 rings (SSSR count). The van der Waals surface area contributed by atoms with Crippen molar-refractivity contribution in [2.45, 2.75) is 6.92 Å². The first-order valence-corrected chi connectivity index (χ1v) is 6.25. The fourth-order valence-corrected chi connectivity index (χ4v) is 1.84. The van der Waals surface area contributed by atoms with E-state index in [0.717, 1.165) is 6.07 Å². The van der Waals surface area contributed by atoms with Crippen molar-refractivity contribution in [3.05, 3.63) is 57.2 Å². The summed E-state index contributed by atoms with van der Waals surface area (Å²) in [7, 11) is 0. The van der Waals surface area contributed by atoms with Gasteiger partial charge >= 0.3 is 5.69 Å². The van der Waals surface area contributed by atoms with Gasteiger partial charge in [0, 0.05) is 22.8 Å². The van der Waals surface area contributed by atoms with E-state index >= 15 is 0 Å². The average Bonchev–Trinajstić information content (AvgIpc) is 2.47. The smallest absolute Gasteiger partial charge is 0.312 e. The molecule has 1 heterocycles. The van der Waals surface area contributed by atoms with Crippen molar-refractivity contribution < 1.29 is 10.0 Å². The average molecular weight is 307 g/mol. The van der Waals surface area contributed by atoms with Gasteiger partial charge in [0.05, 0.1) is 10.6 Å². The van der Waals surface area contributed by atoms with Crippen LogP contribution in [0, 0.1) is 10.1 Å². The Kier molecular flexibility index (Phi) is 4.34. The van der Waals surface area contributed by atoms with Crippen LogP contribution in [-0.2, 0) is 0 Å². The zero-order chi connectivity index (χ0) is 15.4. The summed E-state index contributed by atoms with van der Waals surface area (Å²) in [6.45, 7) is 1.59. The number of hydrogen-bond donors (Lipinski definition) is 2. The predicted octanol–water partition coefficient (Wildman–Crippen LogP) is 3.18. The SMILES string of the molecule is C/C(=N\Nc1ccccn1)c1cc(Cl)cc([N+](=O)[O-])c1O. The third-order valence-corrected chi connectivity index (χ3v) is 2.86. The van der Waals surface area contributed by atoms with E-state index in [9.17, 15) is 15.2 Å². The van der Waals surface area contributed by atoms with Crippen LogP contribution >= 0.6 is 11.6 Å². The fraction of sp³-hybridized carbons (Fsp3) is 0.0769. The van der Waals surface area contributed by atoms with Gasteiger partial charge in [-0.3, -0.25) is 15.5 Å². The predicted molar refractivity (Wildman–Crippen MR) is 79.8 cm³/mol. The lowest BCUT2D eigenvalue weighted by molar-refractivity contribution is -0.385. The number of nitrogens with one attached hydrogen (secondary N) is 1. The lowest BCUT2D eigenvalue weighted by atomic mass is 10.1. The van der Waals surface area contributed by atoms with Crippen LogP contribution in [0.4, 0.5) is 11.5 Å². The van der Waals surface area contributed by atoms with E-state index in [4.69, 9.17) is 11.6 Å². The molecule has 0 radical (unpaired) electrons. The molecule has 8 heteroatoms. The first-order chi connectivity index (χ1) is 9.99. The van der Waals surface area contributed by atoms with E-state index in [0.29, 0.717) is 11.5 Å². The maximum Gasteiger partial charge on any atom is 0.312 e. The number of rotatable bonds is 4. The van der Waals surface area contributed by atoms with Gasteiger partial charge in [-0.1, -0.05) is 17.7 Å². The number of anilines is 1. The number of nitro benzene ring substituents is 1. The minimum atomic E-state index is -0.704. The van der Waals surface area contributed by atoms with Gasteiger partial charge in [-0.2, -0.15) is 5.10 Å². The summed E-state index contributed by atoms with van der Waals surface area (Å²) < 4.78 is 0. The summed E-state index contributed by atoms with van der Waals surface area (Å²) in [6.07, 6.45) is 1.59. The van der Waals surface area contributed by atoms with Crippen molar-refractivity contribution in [3.8, 4) is 5.75 Å². The second-order valence-corrected chi connectivity index (χ2v) is 4.54. The van der Waals surface area contributed by atoms with Gasteiger partial charge in [0.1, 0.15) is 5.82 Å². The van der Waals surface area contributed by atoms with Gasteiger partial charge in [-0.15, -0.1) is 0 Å². The van der Waals surface area contributed by atoms with Crippen molar-refractivity contribution in [1.82, 2.24) is 4.98 Å².